The Morgan fingerprint density at radius 3 is 1.09 bits per heavy atom. The fourth-order valence-corrected chi connectivity index (χ4v) is 0.192. The molecule has 0 bridgehead atoms. The molecule has 11 heavy (non-hydrogen) atoms. The van der Waals surface area contributed by atoms with Crippen LogP contribution in [-0.2, 0) is 19.5 Å². The topological polar surface area (TPSA) is 0 Å². The molecule has 0 aromatic rings. The molecule has 0 spiro atoms. The van der Waals surface area contributed by atoms with Crippen molar-refractivity contribution in [2.24, 2.45) is 0 Å². The Morgan fingerprint density at radius 2 is 1.09 bits per heavy atom. The molecule has 0 aliphatic heterocycles. The first-order valence-electron chi connectivity index (χ1n) is 2.97. The fourth-order valence-electron chi connectivity index (χ4n) is 0.192. The molecule has 0 N–H and O–H groups in total. The van der Waals surface area contributed by atoms with E-state index in [1.54, 1.807) is 36.5 Å². The van der Waals surface area contributed by atoms with Crippen LogP contribution in [0.1, 0.15) is 0 Å². The molecule has 0 radical (unpaired) electrons. The summed E-state index contributed by atoms with van der Waals surface area (Å²) in [4.78, 5) is 0. The van der Waals surface area contributed by atoms with Gasteiger partial charge in [-0.15, -0.1) is 13.2 Å². The van der Waals surface area contributed by atoms with E-state index in [0.29, 0.717) is 0 Å². The van der Waals surface area contributed by atoms with Crippen molar-refractivity contribution in [2.75, 3.05) is 0 Å². The van der Waals surface area contributed by atoms with Gasteiger partial charge in [-0.1, -0.05) is 0 Å². The van der Waals surface area contributed by atoms with Crippen LogP contribution in [0.2, 0.25) is 0 Å². The van der Waals surface area contributed by atoms with Gasteiger partial charge >= 0.3 is 19.5 Å². The summed E-state index contributed by atoms with van der Waals surface area (Å²) in [6.45, 7) is 13.7. The van der Waals surface area contributed by atoms with Gasteiger partial charge in [0.25, 0.3) is 0 Å². The molecule has 0 fully saturated rings. The normalized spacial score (nSPS) is 8.00. The summed E-state index contributed by atoms with van der Waals surface area (Å²) in [5.41, 5.74) is 0. The Labute approximate surface area is 83.2 Å². The molecule has 0 aliphatic carbocycles. The minimum atomic E-state index is 0. The minimum absolute atomic E-state index is 0. The molecule has 0 aromatic carbocycles. The summed E-state index contributed by atoms with van der Waals surface area (Å²) >= 11 is 0. The van der Waals surface area contributed by atoms with Crippen LogP contribution in [0.4, 0.5) is 0 Å². The molecule has 0 saturated heterocycles. The zero-order valence-corrected chi connectivity index (χ0v) is 9.97. The monoisotopic (exact) mass is 198 g/mol. The molecule has 0 aliphatic rings. The van der Waals surface area contributed by atoms with Gasteiger partial charge in [0.05, 0.1) is 0 Å². The average Bonchev–Trinajstić information content (AvgIpc) is 1.93. The van der Waals surface area contributed by atoms with Crippen molar-refractivity contribution in [3.63, 3.8) is 0 Å². The number of rotatable bonds is 2. The third-order valence-electron chi connectivity index (χ3n) is 0.544. The van der Waals surface area contributed by atoms with Crippen molar-refractivity contribution in [1.82, 2.24) is 0 Å². The zero-order chi connectivity index (χ0) is 8.24. The predicted octanol–water partition coefficient (Wildman–Crippen LogP) is 3.12. The molecule has 0 unspecified atom stereocenters. The van der Waals surface area contributed by atoms with Gasteiger partial charge in [0.2, 0.25) is 0 Å². The zero-order valence-electron chi connectivity index (χ0n) is 7.00. The van der Waals surface area contributed by atoms with Crippen LogP contribution >= 0.6 is 0 Å². The maximum absolute atomic E-state index is 3.42. The van der Waals surface area contributed by atoms with Crippen molar-refractivity contribution in [3.8, 4) is 0 Å². The van der Waals surface area contributed by atoms with E-state index in [-0.39, 0.29) is 19.5 Å². The maximum Gasteiger partial charge on any atom is 2.00 e. The van der Waals surface area contributed by atoms with E-state index in [2.05, 4.69) is 27.0 Å². The van der Waals surface area contributed by atoms with Crippen molar-refractivity contribution in [3.05, 3.63) is 63.5 Å². The molecule has 0 aromatic heterocycles. The van der Waals surface area contributed by atoms with Crippen LogP contribution < -0.4 is 0 Å². The first kappa shape index (κ1) is 16.7. The van der Waals surface area contributed by atoms with Gasteiger partial charge < -0.3 is 0 Å². The SMILES string of the molecule is C=C/C=C/[CH2-].C=C/C=C/[CH2-].[Zn+2]. The summed E-state index contributed by atoms with van der Waals surface area (Å²) in [7, 11) is 0. The summed E-state index contributed by atoms with van der Waals surface area (Å²) < 4.78 is 0. The van der Waals surface area contributed by atoms with Crippen molar-refractivity contribution in [2.45, 2.75) is 0 Å². The molecular weight excluding hydrogens is 185 g/mol. The van der Waals surface area contributed by atoms with E-state index < -0.39 is 0 Å². The summed E-state index contributed by atoms with van der Waals surface area (Å²) in [6, 6.07) is 0. The van der Waals surface area contributed by atoms with Crippen LogP contribution in [-0.4, -0.2) is 0 Å². The van der Waals surface area contributed by atoms with E-state index in [1.807, 2.05) is 0 Å². The number of hydrogen-bond acceptors (Lipinski definition) is 0. The van der Waals surface area contributed by atoms with Gasteiger partial charge in [-0.2, -0.15) is 12.2 Å². The van der Waals surface area contributed by atoms with Crippen molar-refractivity contribution < 1.29 is 19.5 Å². The quantitative estimate of drug-likeness (QED) is 0.364. The van der Waals surface area contributed by atoms with E-state index in [9.17, 15) is 0 Å². The van der Waals surface area contributed by atoms with Gasteiger partial charge in [0, 0.05) is 0 Å². The molecule has 0 saturated carbocycles. The van der Waals surface area contributed by atoms with Gasteiger partial charge in [-0.3, -0.25) is 0 Å². The Balaban J connectivity index is -0.000000107. The summed E-state index contributed by atoms with van der Waals surface area (Å²) in [5.74, 6) is 0. The smallest absolute Gasteiger partial charge is 0.245 e. The van der Waals surface area contributed by atoms with Crippen molar-refractivity contribution in [1.29, 1.82) is 0 Å². The van der Waals surface area contributed by atoms with Crippen LogP contribution in [0.25, 0.3) is 0 Å². The van der Waals surface area contributed by atoms with Crippen LogP contribution in [0, 0.1) is 13.8 Å². The molecule has 0 amide bonds. The van der Waals surface area contributed by atoms with Crippen LogP contribution in [0.5, 0.6) is 0 Å². The Hall–Kier alpha value is -0.677. The molecule has 0 rings (SSSR count). The van der Waals surface area contributed by atoms with Gasteiger partial charge in [0.1, 0.15) is 0 Å². The Kier molecular flexibility index (Phi) is 34.7. The van der Waals surface area contributed by atoms with Gasteiger partial charge in [0.15, 0.2) is 0 Å². The second kappa shape index (κ2) is 22.8. The standard InChI is InChI=1S/2C5H7.Zn/c2*1-3-5-4-2;/h2*3-5H,1-2H2;/q2*-1;+2/b2*5-3+;. The van der Waals surface area contributed by atoms with E-state index in [4.69, 9.17) is 0 Å². The van der Waals surface area contributed by atoms with E-state index in [1.165, 1.54) is 0 Å². The second-order valence-corrected chi connectivity index (χ2v) is 1.33. The molecular formula is C10H14Zn. The van der Waals surface area contributed by atoms with Crippen LogP contribution in [0.15, 0.2) is 49.6 Å². The molecule has 0 nitrogen and oxygen atoms in total. The molecule has 0 heterocycles. The minimum Gasteiger partial charge on any atom is -0.245 e. The first-order chi connectivity index (χ1) is 4.83. The molecule has 1 heteroatoms. The third kappa shape index (κ3) is 45.3. The maximum atomic E-state index is 3.42. The summed E-state index contributed by atoms with van der Waals surface area (Å²) in [6.07, 6.45) is 10.3. The third-order valence-corrected chi connectivity index (χ3v) is 0.544. The molecule has 0 atom stereocenters. The average molecular weight is 200 g/mol. The Bertz CT molecular complexity index is 105. The second-order valence-electron chi connectivity index (χ2n) is 1.33. The van der Waals surface area contributed by atoms with E-state index >= 15 is 0 Å². The molecule has 56 valence electrons. The van der Waals surface area contributed by atoms with Gasteiger partial charge in [-0.25, -0.2) is 38.2 Å². The number of allylic oxidation sites excluding steroid dienone is 6. The summed E-state index contributed by atoms with van der Waals surface area (Å²) in [5, 5.41) is 0. The fraction of sp³-hybridized carbons (Fsp3) is 0. The Morgan fingerprint density at radius 1 is 0.818 bits per heavy atom. The first-order valence-corrected chi connectivity index (χ1v) is 2.97. The largest absolute Gasteiger partial charge is 2.00 e. The van der Waals surface area contributed by atoms with Gasteiger partial charge in [-0.05, 0) is 0 Å². The number of hydrogen-bond donors (Lipinski definition) is 0. The van der Waals surface area contributed by atoms with Crippen LogP contribution in [0.3, 0.4) is 0 Å². The predicted molar refractivity (Wildman–Crippen MR) is 49.4 cm³/mol. The van der Waals surface area contributed by atoms with Crippen molar-refractivity contribution >= 4 is 0 Å². The van der Waals surface area contributed by atoms with E-state index in [0.717, 1.165) is 0 Å².